The summed E-state index contributed by atoms with van der Waals surface area (Å²) in [6, 6.07) is 28.6. The van der Waals surface area contributed by atoms with E-state index in [1.807, 2.05) is 66.1 Å². The Morgan fingerprint density at radius 1 is 0.746 bits per heavy atom. The highest BCUT2D eigenvalue weighted by Crippen LogP contribution is 2.50. The first kappa shape index (κ1) is 42.6. The van der Waals surface area contributed by atoms with Crippen molar-refractivity contribution in [2.75, 3.05) is 40.0 Å². The minimum Gasteiger partial charge on any atom is -0.453 e. The predicted molar refractivity (Wildman–Crippen MR) is 255 cm³/mol. The fourth-order valence-electron chi connectivity index (χ4n) is 11.2. The molecule has 2 bridgehead atoms. The highest BCUT2D eigenvalue weighted by Gasteiger charge is 2.51. The Labute approximate surface area is 387 Å². The van der Waals surface area contributed by atoms with Gasteiger partial charge in [0.15, 0.2) is 0 Å². The smallest absolute Gasteiger partial charge is 0.407 e. The van der Waals surface area contributed by atoms with Crippen LogP contribution in [0, 0.1) is 11.8 Å². The van der Waals surface area contributed by atoms with Gasteiger partial charge < -0.3 is 44.8 Å². The first-order valence-corrected chi connectivity index (χ1v) is 23.6. The van der Waals surface area contributed by atoms with E-state index in [4.69, 9.17) is 19.4 Å². The van der Waals surface area contributed by atoms with Crippen molar-refractivity contribution in [2.45, 2.75) is 76.2 Å². The lowest BCUT2D eigenvalue weighted by atomic mass is 9.95. The number of benzene rings is 5. The fraction of sp³-hybridized carbons (Fsp3) is 0.385. The van der Waals surface area contributed by atoms with Crippen molar-refractivity contribution < 1.29 is 28.7 Å². The van der Waals surface area contributed by atoms with Gasteiger partial charge in [0.05, 0.1) is 54.5 Å². The molecular formula is C52H55N9O6. The summed E-state index contributed by atoms with van der Waals surface area (Å²) in [6.07, 6.45) is 3.88. The summed E-state index contributed by atoms with van der Waals surface area (Å²) >= 11 is 0. The normalized spacial score (nSPS) is 21.5. The van der Waals surface area contributed by atoms with Gasteiger partial charge in [-0.05, 0) is 95.7 Å². The van der Waals surface area contributed by atoms with E-state index < -0.39 is 18.2 Å². The largest absolute Gasteiger partial charge is 0.453 e. The van der Waals surface area contributed by atoms with Gasteiger partial charge in [-0.1, -0.05) is 80.6 Å². The molecule has 1 aliphatic carbocycles. The number of aromatic amines is 2. The van der Waals surface area contributed by atoms with Crippen LogP contribution in [0.3, 0.4) is 0 Å². The molecule has 1 saturated carbocycles. The number of hydrogen-bond acceptors (Lipinski definition) is 8. The van der Waals surface area contributed by atoms with Crippen LogP contribution in [0.25, 0.3) is 54.7 Å². The van der Waals surface area contributed by atoms with E-state index >= 15 is 0 Å². The minimum atomic E-state index is -0.837. The van der Waals surface area contributed by atoms with Crippen LogP contribution in [0.1, 0.15) is 81.3 Å². The average molecular weight is 902 g/mol. The number of urea groups is 1. The molecular weight excluding hydrogens is 847 g/mol. The third-order valence-electron chi connectivity index (χ3n) is 14.6. The Morgan fingerprint density at radius 3 is 2.06 bits per heavy atom. The Bertz CT molecular complexity index is 3050. The number of carbonyl (C=O) groups is 4. The quantitative estimate of drug-likeness (QED) is 0.112. The maximum Gasteiger partial charge on any atom is 0.407 e. The van der Waals surface area contributed by atoms with Gasteiger partial charge in [-0.3, -0.25) is 9.59 Å². The molecule has 15 nitrogen and oxygen atoms in total. The SMILES string of the molecule is COC(=O)N[C@H](C(=O)N1[C@@H]2CC[C@@H](C2)[C@H]1c1nc2ccc3cc(-c4ccc5c(ccc6nc([C@@H]7CCCN7C(=O)[C@H](NC(=O)N7CCOCC7)c7ccccc7)[nH]c65)c4)ccc3c2[nH]1)C(C)C. The summed E-state index contributed by atoms with van der Waals surface area (Å²) in [5, 5.41) is 10.1. The number of aromatic nitrogens is 4. The van der Waals surface area contributed by atoms with Crippen molar-refractivity contribution in [3.63, 3.8) is 0 Å². The molecule has 67 heavy (non-hydrogen) atoms. The lowest BCUT2D eigenvalue weighted by molar-refractivity contribution is -0.139. The Hall–Kier alpha value is -7.00. The van der Waals surface area contributed by atoms with Crippen LogP contribution >= 0.6 is 0 Å². The Balaban J connectivity index is 0.851. The third kappa shape index (κ3) is 7.68. The van der Waals surface area contributed by atoms with Crippen LogP contribution in [-0.4, -0.2) is 111 Å². The molecule has 6 atom stereocenters. The van der Waals surface area contributed by atoms with Crippen LogP contribution in [0.15, 0.2) is 91.0 Å². The van der Waals surface area contributed by atoms with Crippen molar-refractivity contribution in [2.24, 2.45) is 11.8 Å². The number of hydrogen-bond donors (Lipinski definition) is 4. The van der Waals surface area contributed by atoms with E-state index in [-0.39, 0.29) is 41.9 Å². The van der Waals surface area contributed by atoms with Crippen molar-refractivity contribution in [3.05, 3.63) is 108 Å². The summed E-state index contributed by atoms with van der Waals surface area (Å²) < 4.78 is 10.3. The number of morpholine rings is 1. The molecule has 0 unspecified atom stereocenters. The summed E-state index contributed by atoms with van der Waals surface area (Å²) in [6.45, 7) is 6.35. The second-order valence-corrected chi connectivity index (χ2v) is 18.9. The number of rotatable bonds is 9. The standard InChI is InChI=1S/C52H55N9O6/c1-29(2)42(58-52(65)66-3)50(63)61-36-16-11-35(28-36)46(61)48-54-40-20-15-34-27-32(13-18-38(34)45(40)56-48)31-12-17-37-33(26-31)14-19-39-44(37)55-47(53-39)41-10-7-21-60(41)49(62)43(30-8-5-4-6-9-30)57-51(64)59-22-24-67-25-23-59/h4-6,8-9,12-15,17-20,26-27,29,35-36,41-43,46H,7,10-11,16,21-25,28H2,1-3H3,(H,53,55)(H,54,56)(H,57,64)(H,58,65)/t35-,36+,41-,42-,43+,46-/m0/s1. The maximum atomic E-state index is 14.5. The molecule has 344 valence electrons. The molecule has 2 aromatic heterocycles. The number of nitrogens with zero attached hydrogens (tertiary/aromatic N) is 5. The molecule has 0 spiro atoms. The number of imidazole rings is 2. The van der Waals surface area contributed by atoms with Gasteiger partial charge in [0.2, 0.25) is 11.8 Å². The third-order valence-corrected chi connectivity index (χ3v) is 14.6. The van der Waals surface area contributed by atoms with E-state index in [9.17, 15) is 19.2 Å². The summed E-state index contributed by atoms with van der Waals surface area (Å²) in [7, 11) is 1.31. The molecule has 5 heterocycles. The van der Waals surface area contributed by atoms with Crippen LogP contribution in [0.4, 0.5) is 9.59 Å². The fourth-order valence-corrected chi connectivity index (χ4v) is 11.2. The first-order chi connectivity index (χ1) is 32.6. The van der Waals surface area contributed by atoms with Crippen LogP contribution in [0.5, 0.6) is 0 Å². The van der Waals surface area contributed by atoms with E-state index in [1.54, 1.807) is 4.90 Å². The second kappa shape index (κ2) is 17.3. The molecule has 4 N–H and O–H groups in total. The number of H-pyrrole nitrogens is 2. The van der Waals surface area contributed by atoms with E-state index in [2.05, 4.69) is 69.1 Å². The number of likely N-dealkylation sites (tertiary alicyclic amines) is 2. The highest BCUT2D eigenvalue weighted by atomic mass is 16.5. The average Bonchev–Trinajstić information content (AvgIpc) is 4.23. The van der Waals surface area contributed by atoms with Crippen LogP contribution < -0.4 is 10.6 Å². The monoisotopic (exact) mass is 901 g/mol. The molecule has 4 fully saturated rings. The molecule has 5 amide bonds. The van der Waals surface area contributed by atoms with Crippen molar-refractivity contribution in [1.29, 1.82) is 0 Å². The lowest BCUT2D eigenvalue weighted by Crippen LogP contribution is -2.54. The van der Waals surface area contributed by atoms with E-state index in [0.717, 1.165) is 104 Å². The number of piperidine rings is 1. The number of alkyl carbamates (subject to hydrolysis) is 1. The number of ether oxygens (including phenoxy) is 2. The van der Waals surface area contributed by atoms with Crippen LogP contribution in [0.2, 0.25) is 0 Å². The zero-order chi connectivity index (χ0) is 45.9. The predicted octanol–water partition coefficient (Wildman–Crippen LogP) is 8.29. The van der Waals surface area contributed by atoms with Gasteiger partial charge in [-0.15, -0.1) is 0 Å². The van der Waals surface area contributed by atoms with Crippen molar-refractivity contribution in [3.8, 4) is 11.1 Å². The molecule has 15 heteroatoms. The Morgan fingerprint density at radius 2 is 1.40 bits per heavy atom. The summed E-state index contributed by atoms with van der Waals surface area (Å²) in [5.74, 6) is 1.46. The summed E-state index contributed by atoms with van der Waals surface area (Å²) in [5.41, 5.74) is 6.44. The number of methoxy groups -OCH3 is 1. The molecule has 4 aliphatic rings. The zero-order valence-electron chi connectivity index (χ0n) is 38.0. The van der Waals surface area contributed by atoms with Gasteiger partial charge in [0, 0.05) is 36.4 Å². The van der Waals surface area contributed by atoms with Gasteiger partial charge in [0.1, 0.15) is 23.7 Å². The molecule has 3 saturated heterocycles. The molecule has 0 radical (unpaired) electrons. The minimum absolute atomic E-state index is 0.0931. The van der Waals surface area contributed by atoms with E-state index in [1.165, 1.54) is 7.11 Å². The lowest BCUT2D eigenvalue weighted by Gasteiger charge is -2.37. The van der Waals surface area contributed by atoms with Crippen LogP contribution in [-0.2, 0) is 19.1 Å². The van der Waals surface area contributed by atoms with Crippen molar-refractivity contribution >= 4 is 67.6 Å². The molecule has 5 aromatic carbocycles. The molecule has 7 aromatic rings. The second-order valence-electron chi connectivity index (χ2n) is 18.9. The topological polar surface area (TPSA) is 178 Å². The summed E-state index contributed by atoms with van der Waals surface area (Å²) in [4.78, 5) is 77.3. The maximum absolute atomic E-state index is 14.5. The number of fused-ring (bicyclic) bond motifs is 8. The number of carbonyl (C=O) groups excluding carboxylic acids is 4. The highest BCUT2D eigenvalue weighted by molar-refractivity contribution is 6.07. The molecule has 3 aliphatic heterocycles. The van der Waals surface area contributed by atoms with Crippen molar-refractivity contribution in [1.82, 2.24) is 45.3 Å². The Kier molecular flexibility index (Phi) is 11.0. The first-order valence-electron chi connectivity index (χ1n) is 23.6. The van der Waals surface area contributed by atoms with Gasteiger partial charge in [-0.2, -0.15) is 0 Å². The zero-order valence-corrected chi connectivity index (χ0v) is 38.0. The molecule has 11 rings (SSSR count). The van der Waals surface area contributed by atoms with E-state index in [0.29, 0.717) is 38.8 Å². The van der Waals surface area contributed by atoms with Gasteiger partial charge in [0.25, 0.3) is 0 Å². The van der Waals surface area contributed by atoms with Gasteiger partial charge >= 0.3 is 12.1 Å². The number of nitrogens with one attached hydrogen (secondary N) is 4. The number of amides is 5. The van der Waals surface area contributed by atoms with Gasteiger partial charge in [-0.25, -0.2) is 19.6 Å².